The highest BCUT2D eigenvalue weighted by molar-refractivity contribution is 5.89. The fourth-order valence-electron chi connectivity index (χ4n) is 3.81. The number of hydrogen-bond donors (Lipinski definition) is 0. The minimum absolute atomic E-state index is 0.148. The molecule has 2 heteroatoms. The third-order valence-corrected chi connectivity index (χ3v) is 5.44. The quantitative estimate of drug-likeness (QED) is 0.688. The van der Waals surface area contributed by atoms with Crippen LogP contribution in [0, 0.1) is 23.7 Å². The van der Waals surface area contributed by atoms with Crippen molar-refractivity contribution in [3.8, 4) is 0 Å². The second kappa shape index (κ2) is 4.72. The minimum Gasteiger partial charge on any atom is -0.374 e. The van der Waals surface area contributed by atoms with Crippen molar-refractivity contribution in [2.24, 2.45) is 28.7 Å². The normalized spacial score (nSPS) is 43.8. The van der Waals surface area contributed by atoms with Gasteiger partial charge in [-0.15, -0.1) is 0 Å². The highest BCUT2D eigenvalue weighted by Crippen LogP contribution is 2.50. The molecule has 1 heterocycles. The summed E-state index contributed by atoms with van der Waals surface area (Å²) in [4.78, 5) is 4.59. The molecule has 2 rings (SSSR count). The van der Waals surface area contributed by atoms with E-state index in [0.717, 1.165) is 12.5 Å². The number of rotatable bonds is 3. The van der Waals surface area contributed by atoms with Crippen LogP contribution in [0.15, 0.2) is 4.99 Å². The van der Waals surface area contributed by atoms with Gasteiger partial charge in [-0.2, -0.15) is 0 Å². The van der Waals surface area contributed by atoms with Gasteiger partial charge in [0.2, 0.25) is 0 Å². The minimum atomic E-state index is 0.148. The highest BCUT2D eigenvalue weighted by atomic mass is 16.5. The lowest BCUT2D eigenvalue weighted by molar-refractivity contribution is -0.104. The molecule has 0 radical (unpaired) electrons. The molecule has 1 aliphatic heterocycles. The number of ether oxygens (including phenoxy) is 1. The molecule has 0 aromatic carbocycles. The van der Waals surface area contributed by atoms with Gasteiger partial charge in [-0.05, 0) is 43.9 Å². The summed E-state index contributed by atoms with van der Waals surface area (Å²) in [7, 11) is 1.95. The predicted molar refractivity (Wildman–Crippen MR) is 72.5 cm³/mol. The van der Waals surface area contributed by atoms with Gasteiger partial charge in [0.1, 0.15) is 0 Å². The molecule has 2 nitrogen and oxygen atoms in total. The average Bonchev–Trinajstić information content (AvgIpc) is 2.51. The monoisotopic (exact) mass is 237 g/mol. The highest BCUT2D eigenvalue weighted by Gasteiger charge is 2.51. The SMILES string of the molecule is CC[C@@H](C)C(=NC)[C@H]1CO[C@]2(C)CC[C@H]1[C@H]2C. The third-order valence-electron chi connectivity index (χ3n) is 5.44. The summed E-state index contributed by atoms with van der Waals surface area (Å²) < 4.78 is 6.18. The van der Waals surface area contributed by atoms with E-state index < -0.39 is 0 Å². The maximum absolute atomic E-state index is 6.18. The van der Waals surface area contributed by atoms with Crippen LogP contribution < -0.4 is 0 Å². The fourth-order valence-corrected chi connectivity index (χ4v) is 3.81. The summed E-state index contributed by atoms with van der Waals surface area (Å²) >= 11 is 0. The van der Waals surface area contributed by atoms with Crippen LogP contribution in [-0.4, -0.2) is 25.0 Å². The van der Waals surface area contributed by atoms with Crippen LogP contribution >= 0.6 is 0 Å². The van der Waals surface area contributed by atoms with E-state index >= 15 is 0 Å². The Hall–Kier alpha value is -0.370. The molecule has 0 aromatic rings. The number of nitrogens with zero attached hydrogens (tertiary/aromatic N) is 1. The Morgan fingerprint density at radius 2 is 2.24 bits per heavy atom. The smallest absolute Gasteiger partial charge is 0.0683 e. The van der Waals surface area contributed by atoms with Crippen LogP contribution in [0.4, 0.5) is 0 Å². The van der Waals surface area contributed by atoms with Crippen LogP contribution in [0.1, 0.15) is 47.0 Å². The van der Waals surface area contributed by atoms with Crippen molar-refractivity contribution in [2.45, 2.75) is 52.6 Å². The first kappa shape index (κ1) is 13.1. The summed E-state index contributed by atoms with van der Waals surface area (Å²) in [5.41, 5.74) is 1.54. The first-order valence-electron chi connectivity index (χ1n) is 7.14. The van der Waals surface area contributed by atoms with E-state index in [0.29, 0.717) is 17.8 Å². The Bertz CT molecular complexity index is 312. The number of hydrogen-bond acceptors (Lipinski definition) is 2. The number of fused-ring (bicyclic) bond motifs is 2. The zero-order valence-corrected chi connectivity index (χ0v) is 12.0. The molecule has 2 fully saturated rings. The molecule has 0 amide bonds. The molecule has 1 saturated heterocycles. The summed E-state index contributed by atoms with van der Waals surface area (Å²) in [6.45, 7) is 10.1. The van der Waals surface area contributed by atoms with Crippen molar-refractivity contribution < 1.29 is 4.74 Å². The van der Waals surface area contributed by atoms with Gasteiger partial charge < -0.3 is 4.74 Å². The Balaban J connectivity index is 2.19. The molecule has 0 aromatic heterocycles. The van der Waals surface area contributed by atoms with Crippen molar-refractivity contribution in [3.05, 3.63) is 0 Å². The van der Waals surface area contributed by atoms with Gasteiger partial charge in [0.05, 0.1) is 12.2 Å². The summed E-state index contributed by atoms with van der Waals surface area (Å²) in [5.74, 6) is 2.65. The van der Waals surface area contributed by atoms with Gasteiger partial charge in [-0.25, -0.2) is 0 Å². The summed E-state index contributed by atoms with van der Waals surface area (Å²) in [6, 6.07) is 0. The lowest BCUT2D eigenvalue weighted by atomic mass is 9.74. The largest absolute Gasteiger partial charge is 0.374 e. The lowest BCUT2D eigenvalue weighted by Gasteiger charge is -2.42. The Morgan fingerprint density at radius 3 is 2.82 bits per heavy atom. The Morgan fingerprint density at radius 1 is 1.53 bits per heavy atom. The molecule has 2 aliphatic rings. The van der Waals surface area contributed by atoms with Crippen molar-refractivity contribution in [1.29, 1.82) is 0 Å². The van der Waals surface area contributed by atoms with Gasteiger partial charge in [0.25, 0.3) is 0 Å². The van der Waals surface area contributed by atoms with E-state index in [9.17, 15) is 0 Å². The average molecular weight is 237 g/mol. The molecule has 5 atom stereocenters. The molecular weight excluding hydrogens is 210 g/mol. The van der Waals surface area contributed by atoms with Crippen molar-refractivity contribution in [1.82, 2.24) is 0 Å². The molecule has 0 unspecified atom stereocenters. The molecule has 98 valence electrons. The topological polar surface area (TPSA) is 21.6 Å². The zero-order chi connectivity index (χ0) is 12.6. The first-order chi connectivity index (χ1) is 8.03. The summed E-state index contributed by atoms with van der Waals surface area (Å²) in [6.07, 6.45) is 3.73. The second-order valence-electron chi connectivity index (χ2n) is 6.18. The van der Waals surface area contributed by atoms with Crippen LogP contribution in [0.3, 0.4) is 0 Å². The maximum atomic E-state index is 6.18. The molecule has 2 bridgehead atoms. The molecule has 17 heavy (non-hydrogen) atoms. The van der Waals surface area contributed by atoms with E-state index in [-0.39, 0.29) is 5.60 Å². The van der Waals surface area contributed by atoms with Gasteiger partial charge in [0, 0.05) is 18.7 Å². The van der Waals surface area contributed by atoms with Crippen LogP contribution in [0.2, 0.25) is 0 Å². The van der Waals surface area contributed by atoms with Crippen LogP contribution in [-0.2, 0) is 4.74 Å². The standard InChI is InChI=1S/C15H27NO/c1-6-10(2)14(16-5)13-9-17-15(4)8-7-12(13)11(15)3/h10-13H,6-9H2,1-5H3/t10-,11-,12+,13+,15-/m1/s1. The molecular formula is C15H27NO. The molecule has 0 N–H and O–H groups in total. The Labute approximate surface area is 106 Å². The van der Waals surface area contributed by atoms with Gasteiger partial charge in [-0.3, -0.25) is 4.99 Å². The van der Waals surface area contributed by atoms with E-state index in [1.807, 2.05) is 7.05 Å². The Kier molecular flexibility index (Phi) is 3.63. The van der Waals surface area contributed by atoms with Gasteiger partial charge >= 0.3 is 0 Å². The predicted octanol–water partition coefficient (Wildman–Crippen LogP) is 3.55. The van der Waals surface area contributed by atoms with Gasteiger partial charge in [-0.1, -0.05) is 20.8 Å². The van der Waals surface area contributed by atoms with E-state index in [4.69, 9.17) is 4.74 Å². The van der Waals surface area contributed by atoms with Crippen molar-refractivity contribution in [2.75, 3.05) is 13.7 Å². The lowest BCUT2D eigenvalue weighted by Crippen LogP contribution is -2.46. The maximum Gasteiger partial charge on any atom is 0.0683 e. The first-order valence-corrected chi connectivity index (χ1v) is 7.14. The molecule has 1 aliphatic carbocycles. The van der Waals surface area contributed by atoms with Crippen molar-refractivity contribution in [3.63, 3.8) is 0 Å². The van der Waals surface area contributed by atoms with E-state index in [1.165, 1.54) is 25.0 Å². The van der Waals surface area contributed by atoms with Crippen LogP contribution in [0.5, 0.6) is 0 Å². The zero-order valence-electron chi connectivity index (χ0n) is 12.0. The van der Waals surface area contributed by atoms with E-state index in [1.54, 1.807) is 0 Å². The third kappa shape index (κ3) is 2.05. The summed E-state index contributed by atoms with van der Waals surface area (Å²) in [5, 5.41) is 0. The molecule has 0 spiro atoms. The fraction of sp³-hybridized carbons (Fsp3) is 0.933. The van der Waals surface area contributed by atoms with Gasteiger partial charge in [0.15, 0.2) is 0 Å². The van der Waals surface area contributed by atoms with E-state index in [2.05, 4.69) is 32.7 Å². The molecule has 1 saturated carbocycles. The number of aliphatic imine (C=N–C) groups is 1. The van der Waals surface area contributed by atoms with Crippen LogP contribution in [0.25, 0.3) is 0 Å². The second-order valence-corrected chi connectivity index (χ2v) is 6.18. The van der Waals surface area contributed by atoms with Crippen molar-refractivity contribution >= 4 is 5.71 Å².